The summed E-state index contributed by atoms with van der Waals surface area (Å²) in [7, 11) is 0. The minimum Gasteiger partial charge on any atom is -0.336 e. The predicted molar refractivity (Wildman–Crippen MR) is 81.2 cm³/mol. The Balaban J connectivity index is 2.31. The lowest BCUT2D eigenvalue weighted by Gasteiger charge is -2.08. The van der Waals surface area contributed by atoms with Gasteiger partial charge in [0.05, 0.1) is 17.4 Å². The Hall–Kier alpha value is -2.44. The molecular weight excluding hydrogens is 270 g/mol. The topological polar surface area (TPSA) is 22.2 Å². The van der Waals surface area contributed by atoms with Crippen molar-refractivity contribution >= 4 is 22.5 Å². The predicted octanol–water partition coefficient (Wildman–Crippen LogP) is 3.09. The number of fused-ring (bicyclic) bond motifs is 1. The Kier molecular flexibility index (Phi) is 3.32. The van der Waals surface area contributed by atoms with Crippen LogP contribution in [0.25, 0.3) is 10.9 Å². The van der Waals surface area contributed by atoms with Crippen LogP contribution in [0.3, 0.4) is 0 Å². The van der Waals surface area contributed by atoms with Gasteiger partial charge in [-0.15, -0.1) is 6.42 Å². The van der Waals surface area contributed by atoms with Crippen LogP contribution in [0.2, 0.25) is 5.02 Å². The van der Waals surface area contributed by atoms with Gasteiger partial charge in [-0.2, -0.15) is 5.10 Å². The number of hydrogen-bond acceptors (Lipinski definition) is 1. The minimum absolute atomic E-state index is 0.501. The number of pyridine rings is 1. The van der Waals surface area contributed by atoms with E-state index in [-0.39, 0.29) is 0 Å². The molecule has 0 atom stereocenters. The van der Waals surface area contributed by atoms with Crippen molar-refractivity contribution in [3.8, 4) is 12.3 Å². The van der Waals surface area contributed by atoms with E-state index in [4.69, 9.17) is 18.0 Å². The van der Waals surface area contributed by atoms with E-state index >= 15 is 0 Å². The molecule has 2 heterocycles. The highest BCUT2D eigenvalue weighted by Crippen LogP contribution is 2.16. The summed E-state index contributed by atoms with van der Waals surface area (Å²) in [4.78, 5) is 0. The van der Waals surface area contributed by atoms with E-state index in [1.807, 2.05) is 59.6 Å². The standard InChI is InChI=1S/C16H12ClN3/c1-2-8-19-11-7-15(18-20-9-3-4-10-20)14-6-5-13(17)12-16(14)19/h1,3-7,9-12H,8H2. The summed E-state index contributed by atoms with van der Waals surface area (Å²) in [6.07, 6.45) is 11.1. The van der Waals surface area contributed by atoms with E-state index in [9.17, 15) is 0 Å². The molecule has 1 aromatic carbocycles. The van der Waals surface area contributed by atoms with Gasteiger partial charge in [0.15, 0.2) is 0 Å². The third-order valence-electron chi connectivity index (χ3n) is 3.03. The summed E-state index contributed by atoms with van der Waals surface area (Å²) in [5.41, 5.74) is 0.976. The second kappa shape index (κ2) is 5.28. The Morgan fingerprint density at radius 2 is 1.95 bits per heavy atom. The van der Waals surface area contributed by atoms with E-state index in [2.05, 4.69) is 11.0 Å². The lowest BCUT2D eigenvalue weighted by Crippen LogP contribution is -2.10. The molecule has 0 saturated carbocycles. The van der Waals surface area contributed by atoms with Crippen LogP contribution in [0.5, 0.6) is 0 Å². The largest absolute Gasteiger partial charge is 0.336 e. The van der Waals surface area contributed by atoms with Crippen LogP contribution in [0.1, 0.15) is 0 Å². The zero-order chi connectivity index (χ0) is 13.9. The summed E-state index contributed by atoms with van der Waals surface area (Å²) in [6, 6.07) is 11.6. The molecular formula is C16H12ClN3. The minimum atomic E-state index is 0.501. The van der Waals surface area contributed by atoms with Crippen molar-refractivity contribution in [3.05, 3.63) is 65.4 Å². The van der Waals surface area contributed by atoms with Crippen molar-refractivity contribution in [3.63, 3.8) is 0 Å². The van der Waals surface area contributed by atoms with Gasteiger partial charge in [-0.3, -0.25) is 0 Å². The normalized spacial score (nSPS) is 11.7. The average molecular weight is 282 g/mol. The van der Waals surface area contributed by atoms with Gasteiger partial charge in [0, 0.05) is 29.0 Å². The summed E-state index contributed by atoms with van der Waals surface area (Å²) in [5.74, 6) is 2.64. The lowest BCUT2D eigenvalue weighted by atomic mass is 10.2. The third kappa shape index (κ3) is 2.34. The first-order chi connectivity index (χ1) is 9.78. The number of halogens is 1. The molecule has 3 aromatic rings. The van der Waals surface area contributed by atoms with Gasteiger partial charge in [0.2, 0.25) is 0 Å². The van der Waals surface area contributed by atoms with Crippen LogP contribution < -0.4 is 5.36 Å². The van der Waals surface area contributed by atoms with Gasteiger partial charge in [-0.1, -0.05) is 17.5 Å². The summed E-state index contributed by atoms with van der Waals surface area (Å²) < 4.78 is 3.75. The molecule has 0 saturated heterocycles. The SMILES string of the molecule is C#CCn1ccc(=Nn2cccc2)c2ccc(Cl)cc21. The molecule has 0 radical (unpaired) electrons. The van der Waals surface area contributed by atoms with Crippen molar-refractivity contribution in [1.29, 1.82) is 0 Å². The van der Waals surface area contributed by atoms with Crippen molar-refractivity contribution in [1.82, 2.24) is 9.24 Å². The molecule has 0 amide bonds. The smallest absolute Gasteiger partial charge is 0.0947 e. The van der Waals surface area contributed by atoms with Gasteiger partial charge in [-0.05, 0) is 36.4 Å². The third-order valence-corrected chi connectivity index (χ3v) is 3.27. The van der Waals surface area contributed by atoms with E-state index in [1.165, 1.54) is 0 Å². The van der Waals surface area contributed by atoms with Gasteiger partial charge in [0.1, 0.15) is 0 Å². The highest BCUT2D eigenvalue weighted by molar-refractivity contribution is 6.31. The maximum Gasteiger partial charge on any atom is 0.0947 e. The molecule has 0 aliphatic heterocycles. The van der Waals surface area contributed by atoms with E-state index in [0.717, 1.165) is 16.3 Å². The van der Waals surface area contributed by atoms with Gasteiger partial charge in [0.25, 0.3) is 0 Å². The molecule has 0 aliphatic carbocycles. The number of terminal acetylenes is 1. The zero-order valence-corrected chi connectivity index (χ0v) is 11.5. The van der Waals surface area contributed by atoms with Crippen LogP contribution >= 0.6 is 11.6 Å². The number of aromatic nitrogens is 2. The zero-order valence-electron chi connectivity index (χ0n) is 10.7. The molecule has 20 heavy (non-hydrogen) atoms. The Bertz CT molecular complexity index is 852. The molecule has 3 nitrogen and oxygen atoms in total. The molecule has 0 spiro atoms. The number of rotatable bonds is 2. The first kappa shape index (κ1) is 12.6. The fourth-order valence-corrected chi connectivity index (χ4v) is 2.30. The highest BCUT2D eigenvalue weighted by Gasteiger charge is 2.02. The second-order valence-corrected chi connectivity index (χ2v) is 4.79. The summed E-state index contributed by atoms with van der Waals surface area (Å²) >= 11 is 6.09. The van der Waals surface area contributed by atoms with Crippen LogP contribution in [-0.2, 0) is 6.54 Å². The molecule has 3 rings (SSSR count). The maximum atomic E-state index is 6.09. The molecule has 0 N–H and O–H groups in total. The van der Waals surface area contributed by atoms with Crippen LogP contribution in [0, 0.1) is 12.3 Å². The second-order valence-electron chi connectivity index (χ2n) is 4.36. The number of hydrogen-bond donors (Lipinski definition) is 0. The molecule has 4 heteroatoms. The van der Waals surface area contributed by atoms with Crippen molar-refractivity contribution in [2.75, 3.05) is 0 Å². The highest BCUT2D eigenvalue weighted by atomic mass is 35.5. The Labute approximate surface area is 121 Å². The van der Waals surface area contributed by atoms with Gasteiger partial charge < -0.3 is 4.57 Å². The Morgan fingerprint density at radius 3 is 2.70 bits per heavy atom. The van der Waals surface area contributed by atoms with Crippen molar-refractivity contribution < 1.29 is 0 Å². The fraction of sp³-hybridized carbons (Fsp3) is 0.0625. The summed E-state index contributed by atoms with van der Waals surface area (Å²) in [6.45, 7) is 0.501. The number of nitrogens with zero attached hydrogens (tertiary/aromatic N) is 3. The van der Waals surface area contributed by atoms with Gasteiger partial charge >= 0.3 is 0 Å². The molecule has 0 fully saturated rings. The van der Waals surface area contributed by atoms with Crippen LogP contribution in [0.15, 0.2) is 60.1 Å². The quantitative estimate of drug-likeness (QED) is 0.644. The van der Waals surface area contributed by atoms with Crippen LogP contribution in [0.4, 0.5) is 0 Å². The molecule has 98 valence electrons. The van der Waals surface area contributed by atoms with E-state index in [0.29, 0.717) is 11.6 Å². The first-order valence-electron chi connectivity index (χ1n) is 6.18. The van der Waals surface area contributed by atoms with Crippen molar-refractivity contribution in [2.45, 2.75) is 6.54 Å². The van der Waals surface area contributed by atoms with Crippen molar-refractivity contribution in [2.24, 2.45) is 5.10 Å². The maximum absolute atomic E-state index is 6.09. The summed E-state index contributed by atoms with van der Waals surface area (Å²) in [5, 5.41) is 7.14. The molecule has 0 aliphatic rings. The monoisotopic (exact) mass is 281 g/mol. The van der Waals surface area contributed by atoms with E-state index in [1.54, 1.807) is 4.68 Å². The van der Waals surface area contributed by atoms with Gasteiger partial charge in [-0.25, -0.2) is 4.68 Å². The number of benzene rings is 1. The fourth-order valence-electron chi connectivity index (χ4n) is 2.13. The Morgan fingerprint density at radius 1 is 1.15 bits per heavy atom. The lowest BCUT2D eigenvalue weighted by molar-refractivity contribution is 0.835. The average Bonchev–Trinajstić information content (AvgIpc) is 2.94. The molecule has 2 aromatic heterocycles. The molecule has 0 unspecified atom stereocenters. The first-order valence-corrected chi connectivity index (χ1v) is 6.56. The molecule has 0 bridgehead atoms. The van der Waals surface area contributed by atoms with Crippen LogP contribution in [-0.4, -0.2) is 9.24 Å². The van der Waals surface area contributed by atoms with E-state index < -0.39 is 0 Å².